The van der Waals surface area contributed by atoms with Gasteiger partial charge >= 0.3 is 5.97 Å². The molecule has 1 atom stereocenters. The molecule has 24 heavy (non-hydrogen) atoms. The first-order chi connectivity index (χ1) is 11.6. The average molecular weight is 323 g/mol. The minimum Gasteiger partial charge on any atom is -0.468 e. The van der Waals surface area contributed by atoms with Crippen LogP contribution in [0.3, 0.4) is 0 Å². The predicted molar refractivity (Wildman–Crippen MR) is 96.3 cm³/mol. The van der Waals surface area contributed by atoms with Crippen molar-refractivity contribution in [1.29, 1.82) is 0 Å². The van der Waals surface area contributed by atoms with Gasteiger partial charge in [-0.05, 0) is 31.2 Å². The SMILES string of the molecule is COC(=O)[C@]1(C)CN(c2ccccc2)C/C1=N/Nc1ccccc1. The Morgan fingerprint density at radius 3 is 2.38 bits per heavy atom. The lowest BCUT2D eigenvalue weighted by Gasteiger charge is -2.22. The maximum absolute atomic E-state index is 12.4. The summed E-state index contributed by atoms with van der Waals surface area (Å²) in [7, 11) is 1.42. The molecule has 5 nitrogen and oxygen atoms in total. The molecule has 1 aliphatic heterocycles. The lowest BCUT2D eigenvalue weighted by molar-refractivity contribution is -0.147. The number of rotatable bonds is 4. The molecule has 1 fully saturated rings. The molecule has 1 N–H and O–H groups in total. The van der Waals surface area contributed by atoms with Gasteiger partial charge in [0.05, 0.1) is 25.1 Å². The van der Waals surface area contributed by atoms with Gasteiger partial charge in [-0.2, -0.15) is 5.10 Å². The van der Waals surface area contributed by atoms with Gasteiger partial charge < -0.3 is 9.64 Å². The van der Waals surface area contributed by atoms with E-state index in [1.807, 2.05) is 67.6 Å². The van der Waals surface area contributed by atoms with Crippen molar-refractivity contribution in [2.45, 2.75) is 6.92 Å². The third-order valence-corrected chi connectivity index (χ3v) is 4.34. The Hall–Kier alpha value is -2.82. The molecule has 1 heterocycles. The molecule has 124 valence electrons. The Kier molecular flexibility index (Phi) is 4.51. The van der Waals surface area contributed by atoms with Gasteiger partial charge in [-0.15, -0.1) is 0 Å². The summed E-state index contributed by atoms with van der Waals surface area (Å²) < 4.78 is 5.03. The summed E-state index contributed by atoms with van der Waals surface area (Å²) in [6.07, 6.45) is 0. The number of hydrogen-bond donors (Lipinski definition) is 1. The van der Waals surface area contributed by atoms with Crippen LogP contribution in [-0.4, -0.2) is 31.9 Å². The molecule has 2 aromatic rings. The van der Waals surface area contributed by atoms with Crippen LogP contribution < -0.4 is 10.3 Å². The molecule has 2 aromatic carbocycles. The van der Waals surface area contributed by atoms with Gasteiger partial charge in [-0.25, -0.2) is 0 Å². The lowest BCUT2D eigenvalue weighted by Crippen LogP contribution is -2.38. The quantitative estimate of drug-likeness (QED) is 0.694. The number of anilines is 2. The van der Waals surface area contributed by atoms with Gasteiger partial charge in [0.1, 0.15) is 5.41 Å². The van der Waals surface area contributed by atoms with Crippen molar-refractivity contribution in [1.82, 2.24) is 0 Å². The fourth-order valence-corrected chi connectivity index (χ4v) is 2.92. The predicted octanol–water partition coefficient (Wildman–Crippen LogP) is 3.15. The fraction of sp³-hybridized carbons (Fsp3) is 0.263. The normalized spacial score (nSPS) is 21.8. The van der Waals surface area contributed by atoms with Crippen LogP contribution in [0.25, 0.3) is 0 Å². The molecular weight excluding hydrogens is 302 g/mol. The number of hydrogen-bond acceptors (Lipinski definition) is 5. The van der Waals surface area contributed by atoms with E-state index in [4.69, 9.17) is 4.74 Å². The second kappa shape index (κ2) is 6.74. The lowest BCUT2D eigenvalue weighted by atomic mass is 9.88. The minimum absolute atomic E-state index is 0.269. The van der Waals surface area contributed by atoms with E-state index in [2.05, 4.69) is 15.4 Å². The molecule has 1 saturated heterocycles. The third-order valence-electron chi connectivity index (χ3n) is 4.34. The number of hydrazone groups is 1. The van der Waals surface area contributed by atoms with Crippen molar-refractivity contribution in [3.8, 4) is 0 Å². The van der Waals surface area contributed by atoms with E-state index in [-0.39, 0.29) is 5.97 Å². The number of benzene rings is 2. The highest BCUT2D eigenvalue weighted by atomic mass is 16.5. The van der Waals surface area contributed by atoms with E-state index in [0.717, 1.165) is 17.1 Å². The second-order valence-corrected chi connectivity index (χ2v) is 6.05. The maximum Gasteiger partial charge on any atom is 0.319 e. The van der Waals surface area contributed by atoms with E-state index >= 15 is 0 Å². The second-order valence-electron chi connectivity index (χ2n) is 6.05. The van der Waals surface area contributed by atoms with Crippen LogP contribution in [0.15, 0.2) is 65.8 Å². The summed E-state index contributed by atoms with van der Waals surface area (Å²) in [5.41, 5.74) is 4.99. The Morgan fingerprint density at radius 1 is 1.12 bits per heavy atom. The van der Waals surface area contributed by atoms with Gasteiger partial charge in [0.25, 0.3) is 0 Å². The summed E-state index contributed by atoms with van der Waals surface area (Å²) >= 11 is 0. The number of nitrogens with one attached hydrogen (secondary N) is 1. The first kappa shape index (κ1) is 16.1. The Labute approximate surface area is 141 Å². The van der Waals surface area contributed by atoms with Crippen molar-refractivity contribution in [2.75, 3.05) is 30.5 Å². The Balaban J connectivity index is 1.88. The van der Waals surface area contributed by atoms with Crippen molar-refractivity contribution >= 4 is 23.1 Å². The highest BCUT2D eigenvalue weighted by Gasteiger charge is 2.47. The number of ether oxygens (including phenoxy) is 1. The van der Waals surface area contributed by atoms with Crippen molar-refractivity contribution < 1.29 is 9.53 Å². The molecule has 0 spiro atoms. The number of nitrogens with zero attached hydrogens (tertiary/aromatic N) is 2. The minimum atomic E-state index is -0.771. The molecule has 0 radical (unpaired) electrons. The first-order valence-corrected chi connectivity index (χ1v) is 7.90. The highest BCUT2D eigenvalue weighted by Crippen LogP contribution is 2.32. The molecule has 3 rings (SSSR count). The van der Waals surface area contributed by atoms with Crippen LogP contribution in [0.2, 0.25) is 0 Å². The van der Waals surface area contributed by atoms with Crippen LogP contribution in [0.5, 0.6) is 0 Å². The maximum atomic E-state index is 12.4. The largest absolute Gasteiger partial charge is 0.468 e. The average Bonchev–Trinajstić information content (AvgIpc) is 2.99. The summed E-state index contributed by atoms with van der Waals surface area (Å²) in [6.45, 7) is 3.00. The van der Waals surface area contributed by atoms with Gasteiger partial charge in [-0.3, -0.25) is 10.2 Å². The molecule has 1 aliphatic rings. The van der Waals surface area contributed by atoms with Crippen molar-refractivity contribution in [3.05, 3.63) is 60.7 Å². The summed E-state index contributed by atoms with van der Waals surface area (Å²) in [5.74, 6) is -0.269. The Morgan fingerprint density at radius 2 is 1.75 bits per heavy atom. The fourth-order valence-electron chi connectivity index (χ4n) is 2.92. The zero-order chi connectivity index (χ0) is 17.0. The summed E-state index contributed by atoms with van der Waals surface area (Å²) in [5, 5.41) is 4.52. The number of esters is 1. The van der Waals surface area contributed by atoms with E-state index < -0.39 is 5.41 Å². The standard InChI is InChI=1S/C19H21N3O2/c1-19(18(23)24-2)14-22(16-11-7-4-8-12-16)13-17(19)21-20-15-9-5-3-6-10-15/h3-12,20H,13-14H2,1-2H3/b21-17-/t19-/m1/s1. The summed E-state index contributed by atoms with van der Waals surface area (Å²) in [6, 6.07) is 19.7. The molecule has 0 unspecified atom stereocenters. The third kappa shape index (κ3) is 3.11. The van der Waals surface area contributed by atoms with E-state index in [1.165, 1.54) is 7.11 Å². The molecule has 0 bridgehead atoms. The van der Waals surface area contributed by atoms with Crippen LogP contribution in [0, 0.1) is 5.41 Å². The van der Waals surface area contributed by atoms with E-state index in [1.54, 1.807) is 0 Å². The number of carbonyl (C=O) groups excluding carboxylic acids is 1. The smallest absolute Gasteiger partial charge is 0.319 e. The van der Waals surface area contributed by atoms with Crippen LogP contribution in [0.4, 0.5) is 11.4 Å². The van der Waals surface area contributed by atoms with Crippen LogP contribution in [-0.2, 0) is 9.53 Å². The topological polar surface area (TPSA) is 53.9 Å². The molecular formula is C19H21N3O2. The zero-order valence-electron chi connectivity index (χ0n) is 13.9. The zero-order valence-corrected chi connectivity index (χ0v) is 13.9. The van der Waals surface area contributed by atoms with Gasteiger partial charge in [0.15, 0.2) is 0 Å². The van der Waals surface area contributed by atoms with Crippen LogP contribution >= 0.6 is 0 Å². The van der Waals surface area contributed by atoms with E-state index in [9.17, 15) is 4.79 Å². The molecule has 0 amide bonds. The van der Waals surface area contributed by atoms with E-state index in [0.29, 0.717) is 13.1 Å². The number of para-hydroxylation sites is 2. The molecule has 5 heteroatoms. The number of methoxy groups -OCH3 is 1. The molecule has 0 aromatic heterocycles. The van der Waals surface area contributed by atoms with Gasteiger partial charge in [0.2, 0.25) is 0 Å². The number of carbonyl (C=O) groups is 1. The molecule has 0 aliphatic carbocycles. The highest BCUT2D eigenvalue weighted by molar-refractivity contribution is 6.11. The first-order valence-electron chi connectivity index (χ1n) is 7.90. The van der Waals surface area contributed by atoms with Crippen LogP contribution in [0.1, 0.15) is 6.92 Å². The van der Waals surface area contributed by atoms with Gasteiger partial charge in [0, 0.05) is 12.2 Å². The monoisotopic (exact) mass is 323 g/mol. The summed E-state index contributed by atoms with van der Waals surface area (Å²) in [4.78, 5) is 14.5. The Bertz CT molecular complexity index is 731. The molecule has 0 saturated carbocycles. The van der Waals surface area contributed by atoms with Crippen molar-refractivity contribution in [2.24, 2.45) is 10.5 Å². The van der Waals surface area contributed by atoms with Gasteiger partial charge in [-0.1, -0.05) is 36.4 Å². The van der Waals surface area contributed by atoms with Crippen molar-refractivity contribution in [3.63, 3.8) is 0 Å².